The number of aromatic nitrogens is 3. The maximum absolute atomic E-state index is 5.34. The highest BCUT2D eigenvalue weighted by Gasteiger charge is 2.10. The third-order valence-corrected chi connectivity index (χ3v) is 4.20. The Labute approximate surface area is 130 Å². The van der Waals surface area contributed by atoms with Crippen LogP contribution in [-0.4, -0.2) is 28.6 Å². The van der Waals surface area contributed by atoms with E-state index < -0.39 is 0 Å². The number of benzene rings is 1. The second-order valence-corrected chi connectivity index (χ2v) is 5.65. The fourth-order valence-electron chi connectivity index (χ4n) is 2.89. The molecule has 0 aliphatic heterocycles. The summed E-state index contributed by atoms with van der Waals surface area (Å²) in [6.45, 7) is 6.16. The molecule has 0 atom stereocenters. The normalized spacial score (nSPS) is 11.2. The van der Waals surface area contributed by atoms with Gasteiger partial charge in [0.1, 0.15) is 18.0 Å². The first kappa shape index (κ1) is 14.7. The van der Waals surface area contributed by atoms with Crippen molar-refractivity contribution in [2.45, 2.75) is 26.8 Å². The van der Waals surface area contributed by atoms with E-state index in [2.05, 4.69) is 46.2 Å². The van der Waals surface area contributed by atoms with Crippen molar-refractivity contribution in [2.24, 2.45) is 0 Å². The smallest absolute Gasteiger partial charge is 0.120 e. The van der Waals surface area contributed by atoms with E-state index in [0.29, 0.717) is 0 Å². The number of ether oxygens (including phenoxy) is 1. The lowest BCUT2D eigenvalue weighted by atomic mass is 10.1. The van der Waals surface area contributed by atoms with E-state index >= 15 is 0 Å². The van der Waals surface area contributed by atoms with Crippen molar-refractivity contribution in [1.29, 1.82) is 0 Å². The molecule has 0 saturated heterocycles. The molecule has 0 radical (unpaired) electrons. The van der Waals surface area contributed by atoms with Crippen LogP contribution in [-0.2, 0) is 13.0 Å². The minimum atomic E-state index is 0.906. The number of H-pyrrole nitrogens is 2. The van der Waals surface area contributed by atoms with Gasteiger partial charge in [0.2, 0.25) is 0 Å². The molecule has 0 aliphatic rings. The first-order valence-electron chi connectivity index (χ1n) is 7.64. The molecule has 0 amide bonds. The van der Waals surface area contributed by atoms with Crippen molar-refractivity contribution in [3.8, 4) is 5.75 Å². The van der Waals surface area contributed by atoms with Crippen molar-refractivity contribution in [3.05, 3.63) is 47.2 Å². The van der Waals surface area contributed by atoms with E-state index in [4.69, 9.17) is 4.74 Å². The lowest BCUT2D eigenvalue weighted by molar-refractivity contribution is -0.670. The lowest BCUT2D eigenvalue weighted by Crippen LogP contribution is -2.83. The molecule has 3 rings (SSSR count). The van der Waals surface area contributed by atoms with Gasteiger partial charge >= 0.3 is 0 Å². The number of fused-ring (bicyclic) bond motifs is 1. The third-order valence-electron chi connectivity index (χ3n) is 4.20. The van der Waals surface area contributed by atoms with Crippen LogP contribution in [0.15, 0.2) is 24.5 Å². The van der Waals surface area contributed by atoms with Crippen LogP contribution in [0.25, 0.3) is 10.9 Å². The van der Waals surface area contributed by atoms with Gasteiger partial charge in [0.05, 0.1) is 20.0 Å². The van der Waals surface area contributed by atoms with Gasteiger partial charge in [-0.05, 0) is 37.6 Å². The molecule has 22 heavy (non-hydrogen) atoms. The predicted molar refractivity (Wildman–Crippen MR) is 87.1 cm³/mol. The molecule has 4 N–H and O–H groups in total. The average molecular weight is 299 g/mol. The highest BCUT2D eigenvalue weighted by atomic mass is 16.5. The predicted octanol–water partition coefficient (Wildman–Crippen LogP) is 1.82. The van der Waals surface area contributed by atoms with E-state index in [1.54, 1.807) is 13.4 Å². The second kappa shape index (κ2) is 6.23. The van der Waals surface area contributed by atoms with Gasteiger partial charge in [-0.1, -0.05) is 0 Å². The van der Waals surface area contributed by atoms with Crippen LogP contribution in [0.2, 0.25) is 0 Å². The molecule has 116 valence electrons. The van der Waals surface area contributed by atoms with Crippen LogP contribution >= 0.6 is 0 Å². The van der Waals surface area contributed by atoms with Gasteiger partial charge in [0, 0.05) is 28.7 Å². The molecular weight excluding hydrogens is 276 g/mol. The number of nitrogens with one attached hydrogen (secondary N) is 2. The van der Waals surface area contributed by atoms with E-state index in [-0.39, 0.29) is 0 Å². The van der Waals surface area contributed by atoms with Crippen LogP contribution in [0, 0.1) is 13.8 Å². The zero-order valence-electron chi connectivity index (χ0n) is 13.4. The number of nitrogens with zero attached hydrogens (tertiary/aromatic N) is 1. The van der Waals surface area contributed by atoms with Gasteiger partial charge in [-0.25, -0.2) is 4.98 Å². The van der Waals surface area contributed by atoms with Crippen molar-refractivity contribution >= 4 is 10.9 Å². The standard InChI is InChI=1S/C17H22N4O/c1-11-14(6-7-18-9-17-12(2)19-10-20-17)15-8-13(22-3)4-5-16(15)21-11/h4-5,8,10,18,21H,6-7,9H2,1-3H3,(H,19,20)/p+1. The van der Waals surface area contributed by atoms with Crippen LogP contribution in [0.1, 0.15) is 22.6 Å². The molecule has 3 aromatic rings. The van der Waals surface area contributed by atoms with Gasteiger partial charge in [-0.3, -0.25) is 0 Å². The van der Waals surface area contributed by atoms with Gasteiger partial charge in [0.15, 0.2) is 0 Å². The number of nitrogens with two attached hydrogens (primary N) is 1. The molecular formula is C17H23N4O+. The van der Waals surface area contributed by atoms with Crippen LogP contribution in [0.3, 0.4) is 0 Å². The zero-order valence-corrected chi connectivity index (χ0v) is 13.4. The number of hydrogen-bond donors (Lipinski definition) is 3. The number of methoxy groups -OCH3 is 1. The highest BCUT2D eigenvalue weighted by molar-refractivity contribution is 5.86. The van der Waals surface area contributed by atoms with Gasteiger partial charge in [-0.15, -0.1) is 0 Å². The summed E-state index contributed by atoms with van der Waals surface area (Å²) in [5, 5.41) is 3.57. The molecule has 0 bridgehead atoms. The maximum Gasteiger partial charge on any atom is 0.120 e. The molecule has 5 nitrogen and oxygen atoms in total. The minimum absolute atomic E-state index is 0.906. The van der Waals surface area contributed by atoms with E-state index in [0.717, 1.165) is 36.6 Å². The molecule has 0 unspecified atom stereocenters. The highest BCUT2D eigenvalue weighted by Crippen LogP contribution is 2.26. The molecule has 0 fully saturated rings. The molecule has 2 aromatic heterocycles. The number of hydrogen-bond acceptors (Lipinski definition) is 2. The fraction of sp³-hybridized carbons (Fsp3) is 0.353. The minimum Gasteiger partial charge on any atom is -0.497 e. The van der Waals surface area contributed by atoms with Crippen molar-refractivity contribution < 1.29 is 10.1 Å². The quantitative estimate of drug-likeness (QED) is 0.608. The molecule has 0 aliphatic carbocycles. The number of quaternary nitrogens is 1. The van der Waals surface area contributed by atoms with Crippen LogP contribution in [0.5, 0.6) is 5.75 Å². The van der Waals surface area contributed by atoms with Gasteiger partial charge in [-0.2, -0.15) is 0 Å². The Morgan fingerprint density at radius 2 is 2.09 bits per heavy atom. The largest absolute Gasteiger partial charge is 0.497 e. The molecule has 0 saturated carbocycles. The summed E-state index contributed by atoms with van der Waals surface area (Å²) in [6, 6.07) is 6.20. The summed E-state index contributed by atoms with van der Waals surface area (Å²) in [7, 11) is 1.71. The van der Waals surface area contributed by atoms with Crippen molar-refractivity contribution in [2.75, 3.05) is 13.7 Å². The Balaban J connectivity index is 1.68. The first-order valence-corrected chi connectivity index (χ1v) is 7.64. The summed E-state index contributed by atoms with van der Waals surface area (Å²) >= 11 is 0. The molecule has 2 heterocycles. The number of aryl methyl sites for hydroxylation is 2. The lowest BCUT2D eigenvalue weighted by Gasteiger charge is -2.03. The Bertz CT molecular complexity index is 772. The van der Waals surface area contributed by atoms with Crippen molar-refractivity contribution in [3.63, 3.8) is 0 Å². The van der Waals surface area contributed by atoms with Gasteiger partial charge in [0.25, 0.3) is 0 Å². The second-order valence-electron chi connectivity index (χ2n) is 5.65. The maximum atomic E-state index is 5.34. The molecule has 1 aromatic carbocycles. The fourth-order valence-corrected chi connectivity index (χ4v) is 2.89. The SMILES string of the molecule is COc1ccc2[nH]c(C)c(CC[NH2+]Cc3nc[nH]c3C)c2c1. The Hall–Kier alpha value is -2.27. The number of imidazole rings is 1. The van der Waals surface area contributed by atoms with E-state index in [9.17, 15) is 0 Å². The molecule has 5 heteroatoms. The Morgan fingerprint density at radius 3 is 2.82 bits per heavy atom. The van der Waals surface area contributed by atoms with Crippen molar-refractivity contribution in [1.82, 2.24) is 15.0 Å². The number of aromatic amines is 2. The van der Waals surface area contributed by atoms with E-state index in [1.165, 1.54) is 22.2 Å². The summed E-state index contributed by atoms with van der Waals surface area (Å²) in [5.41, 5.74) is 6.09. The molecule has 0 spiro atoms. The monoisotopic (exact) mass is 299 g/mol. The summed E-state index contributed by atoms with van der Waals surface area (Å²) in [6.07, 6.45) is 2.79. The van der Waals surface area contributed by atoms with Crippen LogP contribution < -0.4 is 10.1 Å². The average Bonchev–Trinajstić information content (AvgIpc) is 3.06. The summed E-state index contributed by atoms with van der Waals surface area (Å²) < 4.78 is 5.34. The van der Waals surface area contributed by atoms with Crippen LogP contribution in [0.4, 0.5) is 0 Å². The Morgan fingerprint density at radius 1 is 1.23 bits per heavy atom. The zero-order chi connectivity index (χ0) is 15.5. The summed E-state index contributed by atoms with van der Waals surface area (Å²) in [4.78, 5) is 10.9. The third kappa shape index (κ3) is 2.85. The van der Waals surface area contributed by atoms with E-state index in [1.807, 2.05) is 6.07 Å². The topological polar surface area (TPSA) is 70.3 Å². The summed E-state index contributed by atoms with van der Waals surface area (Å²) in [5.74, 6) is 0.906. The Kier molecular flexibility index (Phi) is 4.15. The first-order chi connectivity index (χ1) is 10.7. The number of rotatable bonds is 6. The van der Waals surface area contributed by atoms with Gasteiger partial charge < -0.3 is 20.0 Å².